The minimum Gasteiger partial charge on any atom is -0.456 e. The van der Waals surface area contributed by atoms with Gasteiger partial charge in [0, 0.05) is 5.56 Å². The quantitative estimate of drug-likeness (QED) is 0.757. The van der Waals surface area contributed by atoms with Crippen molar-refractivity contribution in [3.05, 3.63) is 58.6 Å². The third kappa shape index (κ3) is 2.86. The minimum atomic E-state index is 0.565. The van der Waals surface area contributed by atoms with Gasteiger partial charge in [-0.05, 0) is 48.9 Å². The lowest BCUT2D eigenvalue weighted by molar-refractivity contribution is 0.112. The molecule has 2 aromatic rings. The summed E-state index contributed by atoms with van der Waals surface area (Å²) in [5.41, 5.74) is 1.70. The van der Waals surface area contributed by atoms with Gasteiger partial charge in [0.2, 0.25) is 0 Å². The molecular formula is C14H11ClO2. The summed E-state index contributed by atoms with van der Waals surface area (Å²) in [4.78, 5) is 10.5. The Morgan fingerprint density at radius 3 is 2.47 bits per heavy atom. The molecule has 0 bridgehead atoms. The first-order valence-corrected chi connectivity index (χ1v) is 5.56. The molecule has 0 aromatic heterocycles. The fraction of sp³-hybridized carbons (Fsp3) is 0.0714. The number of carbonyl (C=O) groups is 1. The molecule has 2 nitrogen and oxygen atoms in total. The van der Waals surface area contributed by atoms with E-state index >= 15 is 0 Å². The first-order chi connectivity index (χ1) is 8.19. The third-order valence-corrected chi connectivity index (χ3v) is 2.64. The van der Waals surface area contributed by atoms with Crippen LogP contribution in [0.2, 0.25) is 5.02 Å². The zero-order valence-corrected chi connectivity index (χ0v) is 10.1. The van der Waals surface area contributed by atoms with Gasteiger partial charge in [-0.15, -0.1) is 0 Å². The Balaban J connectivity index is 2.24. The van der Waals surface area contributed by atoms with Crippen LogP contribution in [0.25, 0.3) is 0 Å². The van der Waals surface area contributed by atoms with E-state index in [2.05, 4.69) is 0 Å². The summed E-state index contributed by atoms with van der Waals surface area (Å²) in [6, 6.07) is 12.5. The number of halogens is 1. The van der Waals surface area contributed by atoms with Crippen molar-refractivity contribution >= 4 is 17.9 Å². The SMILES string of the molecule is Cc1ccc(Cl)c(Oc2ccc(C=O)cc2)c1. The molecule has 2 rings (SSSR count). The van der Waals surface area contributed by atoms with Gasteiger partial charge < -0.3 is 4.74 Å². The van der Waals surface area contributed by atoms with Gasteiger partial charge in [-0.1, -0.05) is 17.7 Å². The molecule has 0 fully saturated rings. The number of benzene rings is 2. The van der Waals surface area contributed by atoms with Crippen molar-refractivity contribution in [3.63, 3.8) is 0 Å². The average Bonchev–Trinajstić information content (AvgIpc) is 2.35. The van der Waals surface area contributed by atoms with E-state index in [0.717, 1.165) is 11.8 Å². The van der Waals surface area contributed by atoms with Crippen LogP contribution in [0, 0.1) is 6.92 Å². The Kier molecular flexibility index (Phi) is 3.45. The van der Waals surface area contributed by atoms with Gasteiger partial charge in [-0.2, -0.15) is 0 Å². The number of aryl methyl sites for hydroxylation is 1. The molecule has 2 aromatic carbocycles. The van der Waals surface area contributed by atoms with Crippen LogP contribution in [0.15, 0.2) is 42.5 Å². The summed E-state index contributed by atoms with van der Waals surface area (Å²) >= 11 is 6.02. The minimum absolute atomic E-state index is 0.565. The van der Waals surface area contributed by atoms with Crippen LogP contribution in [0.5, 0.6) is 11.5 Å². The normalized spacial score (nSPS) is 10.0. The second kappa shape index (κ2) is 5.02. The van der Waals surface area contributed by atoms with E-state index in [1.165, 1.54) is 0 Å². The van der Waals surface area contributed by atoms with E-state index in [1.54, 1.807) is 30.3 Å². The van der Waals surface area contributed by atoms with Crippen LogP contribution in [0.3, 0.4) is 0 Å². The molecule has 86 valence electrons. The maximum atomic E-state index is 10.5. The lowest BCUT2D eigenvalue weighted by Crippen LogP contribution is -1.87. The summed E-state index contributed by atoms with van der Waals surface area (Å²) in [7, 11) is 0. The van der Waals surface area contributed by atoms with Gasteiger partial charge in [0.05, 0.1) is 5.02 Å². The average molecular weight is 247 g/mol. The van der Waals surface area contributed by atoms with Gasteiger partial charge in [0.1, 0.15) is 17.8 Å². The Morgan fingerprint density at radius 1 is 1.12 bits per heavy atom. The molecule has 0 spiro atoms. The molecule has 3 heteroatoms. The molecular weight excluding hydrogens is 236 g/mol. The Bertz CT molecular complexity index is 532. The standard InChI is InChI=1S/C14H11ClO2/c1-10-2-7-13(15)14(8-10)17-12-5-3-11(9-16)4-6-12/h2-9H,1H3. The van der Waals surface area contributed by atoms with Crippen molar-refractivity contribution in [2.75, 3.05) is 0 Å². The van der Waals surface area contributed by atoms with E-state index < -0.39 is 0 Å². The topological polar surface area (TPSA) is 26.3 Å². The van der Waals surface area contributed by atoms with Gasteiger partial charge >= 0.3 is 0 Å². The van der Waals surface area contributed by atoms with Crippen LogP contribution in [-0.4, -0.2) is 6.29 Å². The number of aldehydes is 1. The first-order valence-electron chi connectivity index (χ1n) is 5.18. The highest BCUT2D eigenvalue weighted by molar-refractivity contribution is 6.32. The molecule has 0 heterocycles. The van der Waals surface area contributed by atoms with Crippen molar-refractivity contribution in [3.8, 4) is 11.5 Å². The van der Waals surface area contributed by atoms with E-state index in [4.69, 9.17) is 16.3 Å². The van der Waals surface area contributed by atoms with Crippen LogP contribution in [0.4, 0.5) is 0 Å². The number of hydrogen-bond acceptors (Lipinski definition) is 2. The molecule has 0 aliphatic rings. The van der Waals surface area contributed by atoms with Crippen LogP contribution in [-0.2, 0) is 0 Å². The molecule has 17 heavy (non-hydrogen) atoms. The summed E-state index contributed by atoms with van der Waals surface area (Å²) in [6.07, 6.45) is 0.795. The highest BCUT2D eigenvalue weighted by atomic mass is 35.5. The maximum Gasteiger partial charge on any atom is 0.150 e. The van der Waals surface area contributed by atoms with E-state index in [0.29, 0.717) is 22.1 Å². The van der Waals surface area contributed by atoms with Crippen LogP contribution < -0.4 is 4.74 Å². The van der Waals surface area contributed by atoms with Crippen molar-refractivity contribution < 1.29 is 9.53 Å². The Morgan fingerprint density at radius 2 is 1.82 bits per heavy atom. The fourth-order valence-electron chi connectivity index (χ4n) is 1.43. The predicted octanol–water partition coefficient (Wildman–Crippen LogP) is 4.25. The van der Waals surface area contributed by atoms with Gasteiger partial charge in [-0.25, -0.2) is 0 Å². The van der Waals surface area contributed by atoms with E-state index in [9.17, 15) is 4.79 Å². The lowest BCUT2D eigenvalue weighted by atomic mass is 10.2. The smallest absolute Gasteiger partial charge is 0.150 e. The van der Waals surface area contributed by atoms with E-state index in [1.807, 2.05) is 19.1 Å². The highest BCUT2D eigenvalue weighted by Crippen LogP contribution is 2.30. The maximum absolute atomic E-state index is 10.5. The molecule has 0 amide bonds. The van der Waals surface area contributed by atoms with Gasteiger partial charge in [0.15, 0.2) is 0 Å². The largest absolute Gasteiger partial charge is 0.456 e. The molecule has 0 radical (unpaired) electrons. The Labute approximate surface area is 105 Å². The molecule has 0 saturated carbocycles. The van der Waals surface area contributed by atoms with Gasteiger partial charge in [0.25, 0.3) is 0 Å². The number of hydrogen-bond donors (Lipinski definition) is 0. The monoisotopic (exact) mass is 246 g/mol. The lowest BCUT2D eigenvalue weighted by Gasteiger charge is -2.08. The molecule has 0 unspecified atom stereocenters. The predicted molar refractivity (Wildman–Crippen MR) is 68.1 cm³/mol. The molecule has 0 saturated heterocycles. The van der Waals surface area contributed by atoms with Crippen molar-refractivity contribution in [1.29, 1.82) is 0 Å². The zero-order chi connectivity index (χ0) is 12.3. The highest BCUT2D eigenvalue weighted by Gasteiger charge is 2.03. The molecule has 0 aliphatic carbocycles. The summed E-state index contributed by atoms with van der Waals surface area (Å²) in [6.45, 7) is 1.97. The van der Waals surface area contributed by atoms with Crippen molar-refractivity contribution in [2.45, 2.75) is 6.92 Å². The van der Waals surface area contributed by atoms with Crippen LogP contribution >= 0.6 is 11.6 Å². The van der Waals surface area contributed by atoms with Crippen molar-refractivity contribution in [1.82, 2.24) is 0 Å². The first kappa shape index (κ1) is 11.7. The summed E-state index contributed by atoms with van der Waals surface area (Å²) < 4.78 is 5.64. The summed E-state index contributed by atoms with van der Waals surface area (Å²) in [5.74, 6) is 1.27. The third-order valence-electron chi connectivity index (χ3n) is 2.33. The van der Waals surface area contributed by atoms with Crippen LogP contribution in [0.1, 0.15) is 15.9 Å². The number of carbonyl (C=O) groups excluding carboxylic acids is 1. The second-order valence-corrected chi connectivity index (χ2v) is 4.13. The van der Waals surface area contributed by atoms with Gasteiger partial charge in [-0.3, -0.25) is 4.79 Å². The fourth-order valence-corrected chi connectivity index (χ4v) is 1.59. The summed E-state index contributed by atoms with van der Waals surface area (Å²) in [5, 5.41) is 0.565. The molecule has 0 atom stereocenters. The molecule has 0 N–H and O–H groups in total. The Hall–Kier alpha value is -1.80. The molecule has 0 aliphatic heterocycles. The second-order valence-electron chi connectivity index (χ2n) is 3.72. The zero-order valence-electron chi connectivity index (χ0n) is 9.31. The van der Waals surface area contributed by atoms with Crippen molar-refractivity contribution in [2.24, 2.45) is 0 Å². The number of ether oxygens (including phenoxy) is 1. The van der Waals surface area contributed by atoms with E-state index in [-0.39, 0.29) is 0 Å². The number of rotatable bonds is 3.